The molecular weight excluding hydrogens is 224 g/mol. The predicted molar refractivity (Wildman–Crippen MR) is 68.7 cm³/mol. The van der Waals surface area contributed by atoms with E-state index in [1.165, 1.54) is 0 Å². The molecular formula is C14H14N4. The van der Waals surface area contributed by atoms with Gasteiger partial charge >= 0.3 is 0 Å². The summed E-state index contributed by atoms with van der Waals surface area (Å²) in [7, 11) is 0. The van der Waals surface area contributed by atoms with Gasteiger partial charge in [0.2, 0.25) is 0 Å². The van der Waals surface area contributed by atoms with Gasteiger partial charge in [-0.3, -0.25) is 0 Å². The lowest BCUT2D eigenvalue weighted by Crippen LogP contribution is -2.06. The normalized spacial score (nSPS) is 13.6. The Balaban J connectivity index is 2.37. The lowest BCUT2D eigenvalue weighted by molar-refractivity contribution is 0.516. The predicted octanol–water partition coefficient (Wildman–Crippen LogP) is 4.53. The van der Waals surface area contributed by atoms with Crippen LogP contribution in [0.25, 0.3) is 0 Å². The van der Waals surface area contributed by atoms with E-state index >= 15 is 0 Å². The van der Waals surface area contributed by atoms with Crippen molar-refractivity contribution in [2.45, 2.75) is 12.1 Å². The fourth-order valence-corrected chi connectivity index (χ4v) is 1.96. The number of nitrogens with one attached hydrogen (secondary N) is 2. The first-order valence-electron chi connectivity index (χ1n) is 5.70. The Morgan fingerprint density at radius 1 is 0.611 bits per heavy atom. The highest BCUT2D eigenvalue weighted by Crippen LogP contribution is 2.34. The van der Waals surface area contributed by atoms with Gasteiger partial charge < -0.3 is 0 Å². The van der Waals surface area contributed by atoms with E-state index < -0.39 is 12.1 Å². The van der Waals surface area contributed by atoms with Crippen LogP contribution in [0.2, 0.25) is 0 Å². The molecule has 2 aromatic carbocycles. The summed E-state index contributed by atoms with van der Waals surface area (Å²) in [5, 5.41) is 7.28. The van der Waals surface area contributed by atoms with Gasteiger partial charge in [0.1, 0.15) is 12.1 Å². The Morgan fingerprint density at radius 2 is 0.944 bits per heavy atom. The molecule has 18 heavy (non-hydrogen) atoms. The summed E-state index contributed by atoms with van der Waals surface area (Å²) in [5.74, 6) is 0. The quantitative estimate of drug-likeness (QED) is 0.718. The Kier molecular flexibility index (Phi) is 3.91. The summed E-state index contributed by atoms with van der Waals surface area (Å²) in [6, 6.07) is 18.2. The molecule has 0 unspecified atom stereocenters. The lowest BCUT2D eigenvalue weighted by atomic mass is 9.95. The molecule has 0 aliphatic heterocycles. The van der Waals surface area contributed by atoms with E-state index in [2.05, 4.69) is 10.2 Å². The van der Waals surface area contributed by atoms with E-state index in [0.29, 0.717) is 0 Å². The van der Waals surface area contributed by atoms with Crippen molar-refractivity contribution < 1.29 is 0 Å². The zero-order valence-corrected chi connectivity index (χ0v) is 9.82. The van der Waals surface area contributed by atoms with Crippen molar-refractivity contribution in [1.82, 2.24) is 0 Å². The minimum atomic E-state index is -0.439. The molecule has 2 rings (SSSR count). The Morgan fingerprint density at radius 3 is 1.22 bits per heavy atom. The second kappa shape index (κ2) is 5.82. The maximum absolute atomic E-state index is 7.36. The molecule has 2 aromatic rings. The number of rotatable bonds is 5. The van der Waals surface area contributed by atoms with Crippen LogP contribution in [0.5, 0.6) is 0 Å². The molecule has 0 saturated carbocycles. The van der Waals surface area contributed by atoms with Gasteiger partial charge in [0.25, 0.3) is 0 Å². The molecule has 4 heteroatoms. The van der Waals surface area contributed by atoms with Crippen molar-refractivity contribution >= 4 is 0 Å². The molecule has 2 N–H and O–H groups in total. The van der Waals surface area contributed by atoms with Gasteiger partial charge in [-0.2, -0.15) is 10.2 Å². The van der Waals surface area contributed by atoms with Gasteiger partial charge in [0.05, 0.1) is 0 Å². The van der Waals surface area contributed by atoms with Crippen molar-refractivity contribution in [2.75, 3.05) is 0 Å². The highest BCUT2D eigenvalue weighted by Gasteiger charge is 2.23. The van der Waals surface area contributed by atoms with Crippen molar-refractivity contribution in [1.29, 1.82) is 11.1 Å². The van der Waals surface area contributed by atoms with Crippen molar-refractivity contribution in [2.24, 2.45) is 10.2 Å². The summed E-state index contributed by atoms with van der Waals surface area (Å²) >= 11 is 0. The van der Waals surface area contributed by atoms with Crippen LogP contribution in [0.3, 0.4) is 0 Å². The molecule has 0 fully saturated rings. The highest BCUT2D eigenvalue weighted by molar-refractivity contribution is 5.27. The van der Waals surface area contributed by atoms with Crippen LogP contribution in [0, 0.1) is 11.1 Å². The third-order valence-electron chi connectivity index (χ3n) is 2.86. The molecule has 0 radical (unpaired) electrons. The molecule has 0 saturated heterocycles. The monoisotopic (exact) mass is 238 g/mol. The molecule has 0 bridgehead atoms. The minimum absolute atomic E-state index is 0.439. The van der Waals surface area contributed by atoms with Crippen molar-refractivity contribution in [3.8, 4) is 0 Å². The largest absolute Gasteiger partial charge is 0.209 e. The third-order valence-corrected chi connectivity index (χ3v) is 2.86. The molecule has 0 aromatic heterocycles. The third kappa shape index (κ3) is 2.48. The summed E-state index contributed by atoms with van der Waals surface area (Å²) in [5.41, 5.74) is 16.5. The van der Waals surface area contributed by atoms with E-state index in [0.717, 1.165) is 11.1 Å². The Labute approximate surface area is 106 Å². The van der Waals surface area contributed by atoms with Crippen LogP contribution >= 0.6 is 0 Å². The first-order valence-corrected chi connectivity index (χ1v) is 5.70. The number of hydrogen-bond donors (Lipinski definition) is 2. The second-order valence-electron chi connectivity index (χ2n) is 3.97. The number of nitrogens with zero attached hydrogens (tertiary/aromatic N) is 2. The number of hydrogen-bond acceptors (Lipinski definition) is 4. The fourth-order valence-electron chi connectivity index (χ4n) is 1.96. The second-order valence-corrected chi connectivity index (χ2v) is 3.97. The molecule has 4 nitrogen and oxygen atoms in total. The maximum Gasteiger partial charge on any atom is 0.124 e. The van der Waals surface area contributed by atoms with Gasteiger partial charge in [0.15, 0.2) is 0 Å². The summed E-state index contributed by atoms with van der Waals surface area (Å²) < 4.78 is 0. The van der Waals surface area contributed by atoms with Crippen molar-refractivity contribution in [3.63, 3.8) is 0 Å². The van der Waals surface area contributed by atoms with Crippen LogP contribution < -0.4 is 0 Å². The highest BCUT2D eigenvalue weighted by atomic mass is 15.1. The van der Waals surface area contributed by atoms with Gasteiger partial charge in [-0.15, -0.1) is 0 Å². The van der Waals surface area contributed by atoms with Gasteiger partial charge in [-0.1, -0.05) is 60.7 Å². The molecule has 0 spiro atoms. The molecule has 2 atom stereocenters. The first kappa shape index (κ1) is 12.1. The molecule has 0 heterocycles. The van der Waals surface area contributed by atoms with Gasteiger partial charge in [-0.05, 0) is 11.1 Å². The zero-order valence-electron chi connectivity index (χ0n) is 9.82. The zero-order chi connectivity index (χ0) is 12.8. The van der Waals surface area contributed by atoms with Crippen LogP contribution in [0.1, 0.15) is 23.2 Å². The van der Waals surface area contributed by atoms with Gasteiger partial charge in [-0.25, -0.2) is 11.1 Å². The average molecular weight is 238 g/mol. The SMILES string of the molecule is N=N[C@@H](c1ccccc1)[C@@H](N=N)c1ccccc1. The van der Waals surface area contributed by atoms with Crippen LogP contribution in [-0.2, 0) is 0 Å². The number of benzene rings is 2. The van der Waals surface area contributed by atoms with Crippen LogP contribution in [-0.4, -0.2) is 0 Å². The maximum atomic E-state index is 7.36. The fraction of sp³-hybridized carbons (Fsp3) is 0.143. The van der Waals surface area contributed by atoms with E-state index in [1.54, 1.807) is 0 Å². The average Bonchev–Trinajstić information content (AvgIpc) is 2.46. The summed E-state index contributed by atoms with van der Waals surface area (Å²) in [4.78, 5) is 0. The van der Waals surface area contributed by atoms with Crippen LogP contribution in [0.4, 0.5) is 0 Å². The van der Waals surface area contributed by atoms with E-state index in [1.807, 2.05) is 60.7 Å². The Hall–Kier alpha value is -2.36. The molecule has 0 aliphatic rings. The standard InChI is InChI=1S/C14H14N4/c15-17-13(11-7-3-1-4-8-11)14(18-16)12-9-5-2-6-10-12/h1-10,13-16H/t13-,14-/m0/s1. The molecule has 0 amide bonds. The van der Waals surface area contributed by atoms with Crippen molar-refractivity contribution in [3.05, 3.63) is 71.8 Å². The van der Waals surface area contributed by atoms with E-state index in [-0.39, 0.29) is 0 Å². The van der Waals surface area contributed by atoms with E-state index in [9.17, 15) is 0 Å². The summed E-state index contributed by atoms with van der Waals surface area (Å²) in [6.07, 6.45) is 0. The van der Waals surface area contributed by atoms with E-state index in [4.69, 9.17) is 11.1 Å². The van der Waals surface area contributed by atoms with Gasteiger partial charge in [0, 0.05) is 0 Å². The minimum Gasteiger partial charge on any atom is -0.209 e. The Bertz CT molecular complexity index is 460. The summed E-state index contributed by atoms with van der Waals surface area (Å²) in [6.45, 7) is 0. The smallest absolute Gasteiger partial charge is 0.124 e. The lowest BCUT2D eigenvalue weighted by Gasteiger charge is -2.18. The topological polar surface area (TPSA) is 72.4 Å². The van der Waals surface area contributed by atoms with Crippen LogP contribution in [0.15, 0.2) is 70.9 Å². The molecule has 90 valence electrons. The molecule has 0 aliphatic carbocycles. The first-order chi connectivity index (χ1) is 8.86.